The third kappa shape index (κ3) is 5.59. The number of aromatic nitrogens is 2. The number of ether oxygens (including phenoxy) is 1. The lowest BCUT2D eigenvalue weighted by molar-refractivity contribution is 0.0600. The number of rotatable bonds is 8. The van der Waals surface area contributed by atoms with Crippen LogP contribution in [0.15, 0.2) is 104 Å². The maximum absolute atomic E-state index is 11.8. The molecule has 6 heteroatoms. The number of fused-ring (bicyclic) bond motifs is 1. The number of esters is 1. The van der Waals surface area contributed by atoms with Crippen LogP contribution in [0.2, 0.25) is 0 Å². The van der Waals surface area contributed by atoms with Crippen LogP contribution in [0.1, 0.15) is 32.7 Å². The maximum Gasteiger partial charge on any atom is 0.339 e. The fourth-order valence-corrected chi connectivity index (χ4v) is 4.63. The number of hydrogen-bond donors (Lipinski definition) is 0. The predicted octanol–water partition coefficient (Wildman–Crippen LogP) is 6.16. The van der Waals surface area contributed by atoms with Crippen LogP contribution in [-0.4, -0.2) is 27.9 Å². The van der Waals surface area contributed by atoms with Gasteiger partial charge in [0.25, 0.3) is 0 Å². The summed E-state index contributed by atoms with van der Waals surface area (Å²) in [5.41, 5.74) is 6.03. The molecule has 0 unspecified atom stereocenters. The first-order valence-electron chi connectivity index (χ1n) is 12.3. The zero-order valence-electron chi connectivity index (χ0n) is 21.0. The van der Waals surface area contributed by atoms with Gasteiger partial charge in [-0.1, -0.05) is 54.6 Å². The highest BCUT2D eigenvalue weighted by Crippen LogP contribution is 2.32. The van der Waals surface area contributed by atoms with Crippen molar-refractivity contribution in [1.29, 1.82) is 5.26 Å². The number of benzene rings is 3. The Balaban J connectivity index is 1.47. The molecule has 0 bridgehead atoms. The van der Waals surface area contributed by atoms with Crippen LogP contribution in [0.4, 0.5) is 0 Å². The number of pyridine rings is 2. The molecule has 2 aromatic heterocycles. The number of nitriles is 1. The van der Waals surface area contributed by atoms with E-state index < -0.39 is 5.97 Å². The minimum atomic E-state index is -0.408. The Kier molecular flexibility index (Phi) is 7.49. The summed E-state index contributed by atoms with van der Waals surface area (Å²) in [5, 5.41) is 12.1. The van der Waals surface area contributed by atoms with Gasteiger partial charge in [0.2, 0.25) is 0 Å². The van der Waals surface area contributed by atoms with Crippen molar-refractivity contribution < 1.29 is 9.53 Å². The van der Waals surface area contributed by atoms with Gasteiger partial charge in [0, 0.05) is 43.8 Å². The van der Waals surface area contributed by atoms with Crippen molar-refractivity contribution >= 4 is 16.7 Å². The molecular formula is C32H26N4O2. The molecule has 5 aromatic rings. The number of carbonyl (C=O) groups is 1. The topological polar surface area (TPSA) is 79.1 Å². The second-order valence-corrected chi connectivity index (χ2v) is 9.05. The molecular weight excluding hydrogens is 472 g/mol. The van der Waals surface area contributed by atoms with Gasteiger partial charge in [-0.2, -0.15) is 5.26 Å². The van der Waals surface area contributed by atoms with E-state index in [2.05, 4.69) is 51.3 Å². The zero-order valence-corrected chi connectivity index (χ0v) is 21.0. The Hall–Kier alpha value is -4.86. The van der Waals surface area contributed by atoms with Gasteiger partial charge in [-0.05, 0) is 57.8 Å². The van der Waals surface area contributed by atoms with Gasteiger partial charge in [-0.3, -0.25) is 14.9 Å². The molecule has 0 atom stereocenters. The van der Waals surface area contributed by atoms with Crippen molar-refractivity contribution in [2.45, 2.75) is 19.6 Å². The second kappa shape index (κ2) is 11.5. The van der Waals surface area contributed by atoms with Gasteiger partial charge in [-0.25, -0.2) is 4.79 Å². The fourth-order valence-electron chi connectivity index (χ4n) is 4.63. The standard InChI is InChI=1S/C32H26N4O2/c1-38-32(37)27-13-14-28(35-19-27)22-36(21-24-6-5-15-34-18-24)20-23-11-12-26(17-33)31(16-23)30-10-4-8-25-7-2-3-9-29(25)30/h2-16,18-19H,20-22H2,1H3. The summed E-state index contributed by atoms with van der Waals surface area (Å²) in [7, 11) is 1.36. The highest BCUT2D eigenvalue weighted by atomic mass is 16.5. The molecule has 186 valence electrons. The predicted molar refractivity (Wildman–Crippen MR) is 147 cm³/mol. The van der Waals surface area contributed by atoms with Crippen LogP contribution in [-0.2, 0) is 24.4 Å². The molecule has 0 amide bonds. The molecule has 6 nitrogen and oxygen atoms in total. The van der Waals surface area contributed by atoms with Crippen molar-refractivity contribution in [3.05, 3.63) is 131 Å². The van der Waals surface area contributed by atoms with E-state index in [0.29, 0.717) is 30.8 Å². The van der Waals surface area contributed by atoms with Crippen LogP contribution >= 0.6 is 0 Å². The van der Waals surface area contributed by atoms with E-state index in [-0.39, 0.29) is 0 Å². The maximum atomic E-state index is 11.8. The summed E-state index contributed by atoms with van der Waals surface area (Å²) in [5.74, 6) is -0.408. The van der Waals surface area contributed by atoms with Crippen molar-refractivity contribution in [3.8, 4) is 17.2 Å². The highest BCUT2D eigenvalue weighted by molar-refractivity contribution is 5.97. The van der Waals surface area contributed by atoms with Crippen molar-refractivity contribution in [3.63, 3.8) is 0 Å². The molecule has 0 radical (unpaired) electrons. The van der Waals surface area contributed by atoms with Gasteiger partial charge < -0.3 is 4.74 Å². The average Bonchev–Trinajstić information content (AvgIpc) is 2.97. The Morgan fingerprint density at radius 3 is 2.47 bits per heavy atom. The molecule has 0 fully saturated rings. The molecule has 0 aliphatic carbocycles. The molecule has 0 aliphatic rings. The van der Waals surface area contributed by atoms with Crippen LogP contribution in [0.25, 0.3) is 21.9 Å². The lowest BCUT2D eigenvalue weighted by atomic mass is 9.93. The first kappa shape index (κ1) is 24.8. The fraction of sp³-hybridized carbons (Fsp3) is 0.125. The van der Waals surface area contributed by atoms with Crippen LogP contribution in [0, 0.1) is 11.3 Å². The molecule has 3 aromatic carbocycles. The van der Waals surface area contributed by atoms with Gasteiger partial charge in [0.05, 0.1) is 30.0 Å². The SMILES string of the molecule is COC(=O)c1ccc(CN(Cc2cccnc2)Cc2ccc(C#N)c(-c3cccc4ccccc34)c2)nc1. The van der Waals surface area contributed by atoms with Gasteiger partial charge >= 0.3 is 5.97 Å². The van der Waals surface area contributed by atoms with E-state index in [1.807, 2.05) is 54.7 Å². The number of nitrogens with zero attached hydrogens (tertiary/aromatic N) is 4. The monoisotopic (exact) mass is 498 g/mol. The first-order chi connectivity index (χ1) is 18.6. The van der Waals surface area contributed by atoms with E-state index in [9.17, 15) is 10.1 Å². The van der Waals surface area contributed by atoms with E-state index in [0.717, 1.165) is 38.7 Å². The summed E-state index contributed by atoms with van der Waals surface area (Å²) in [6.07, 6.45) is 5.17. The lowest BCUT2D eigenvalue weighted by Gasteiger charge is -2.23. The minimum Gasteiger partial charge on any atom is -0.465 e. The van der Waals surface area contributed by atoms with Crippen LogP contribution in [0.5, 0.6) is 0 Å². The van der Waals surface area contributed by atoms with E-state index in [1.54, 1.807) is 18.5 Å². The molecule has 0 aliphatic heterocycles. The third-order valence-corrected chi connectivity index (χ3v) is 6.45. The van der Waals surface area contributed by atoms with Crippen molar-refractivity contribution in [1.82, 2.24) is 14.9 Å². The molecule has 38 heavy (non-hydrogen) atoms. The summed E-state index contributed by atoms with van der Waals surface area (Å²) in [4.78, 5) is 22.8. The summed E-state index contributed by atoms with van der Waals surface area (Å²) in [6, 6.07) is 30.4. The molecule has 0 saturated carbocycles. The highest BCUT2D eigenvalue weighted by Gasteiger charge is 2.14. The molecule has 0 saturated heterocycles. The third-order valence-electron chi connectivity index (χ3n) is 6.45. The Morgan fingerprint density at radius 2 is 1.71 bits per heavy atom. The largest absolute Gasteiger partial charge is 0.465 e. The minimum absolute atomic E-state index is 0.408. The molecule has 2 heterocycles. The lowest BCUT2D eigenvalue weighted by Crippen LogP contribution is -2.23. The number of carbonyl (C=O) groups excluding carboxylic acids is 1. The van der Waals surface area contributed by atoms with E-state index in [1.165, 1.54) is 7.11 Å². The summed E-state index contributed by atoms with van der Waals surface area (Å²) >= 11 is 0. The van der Waals surface area contributed by atoms with Crippen LogP contribution < -0.4 is 0 Å². The Bertz CT molecular complexity index is 1600. The first-order valence-corrected chi connectivity index (χ1v) is 12.3. The van der Waals surface area contributed by atoms with Crippen LogP contribution in [0.3, 0.4) is 0 Å². The smallest absolute Gasteiger partial charge is 0.339 e. The van der Waals surface area contributed by atoms with Gasteiger partial charge in [0.15, 0.2) is 0 Å². The van der Waals surface area contributed by atoms with Gasteiger partial charge in [-0.15, -0.1) is 0 Å². The zero-order chi connectivity index (χ0) is 26.3. The molecule has 0 N–H and O–H groups in total. The average molecular weight is 499 g/mol. The second-order valence-electron chi connectivity index (χ2n) is 9.05. The Morgan fingerprint density at radius 1 is 0.868 bits per heavy atom. The Labute approximate surface area is 221 Å². The number of methoxy groups -OCH3 is 1. The molecule has 0 spiro atoms. The normalized spacial score (nSPS) is 10.9. The quantitative estimate of drug-likeness (QED) is 0.239. The molecule has 5 rings (SSSR count). The van der Waals surface area contributed by atoms with Crippen molar-refractivity contribution in [2.24, 2.45) is 0 Å². The van der Waals surface area contributed by atoms with Crippen molar-refractivity contribution in [2.75, 3.05) is 7.11 Å². The van der Waals surface area contributed by atoms with E-state index >= 15 is 0 Å². The van der Waals surface area contributed by atoms with E-state index in [4.69, 9.17) is 4.74 Å². The summed E-state index contributed by atoms with van der Waals surface area (Å²) in [6.45, 7) is 1.87. The van der Waals surface area contributed by atoms with Gasteiger partial charge in [0.1, 0.15) is 0 Å². The number of hydrogen-bond acceptors (Lipinski definition) is 6. The summed E-state index contributed by atoms with van der Waals surface area (Å²) < 4.78 is 4.79.